The van der Waals surface area contributed by atoms with E-state index >= 15 is 0 Å². The van der Waals surface area contributed by atoms with Gasteiger partial charge in [0.1, 0.15) is 0 Å². The van der Waals surface area contributed by atoms with Crippen LogP contribution in [0, 0.1) is 0 Å². The summed E-state index contributed by atoms with van der Waals surface area (Å²) in [6.45, 7) is 0. The van der Waals surface area contributed by atoms with E-state index in [9.17, 15) is 0 Å². The molecule has 0 fully saturated rings. The minimum atomic E-state index is 1.12. The summed E-state index contributed by atoms with van der Waals surface area (Å²) >= 11 is 0. The number of anilines is 3. The fourth-order valence-electron chi connectivity index (χ4n) is 8.61. The lowest BCUT2D eigenvalue weighted by Crippen LogP contribution is -2.12. The van der Waals surface area contributed by atoms with Crippen LogP contribution in [0.25, 0.3) is 81.4 Å². The highest BCUT2D eigenvalue weighted by Crippen LogP contribution is 2.47. The van der Waals surface area contributed by atoms with Gasteiger partial charge in [0.05, 0.1) is 22.4 Å². The Labute approximate surface area is 301 Å². The van der Waals surface area contributed by atoms with Crippen molar-refractivity contribution in [3.8, 4) is 5.69 Å². The number of rotatable bonds is 4. The third-order valence-electron chi connectivity index (χ3n) is 10.9. The molecule has 242 valence electrons. The number of hydrogen-bond acceptors (Lipinski definition) is 1. The maximum absolute atomic E-state index is 2.49. The van der Waals surface area contributed by atoms with Gasteiger partial charge in [-0.15, -0.1) is 0 Å². The molecule has 2 heteroatoms. The highest BCUT2D eigenvalue weighted by molar-refractivity contribution is 6.21. The van der Waals surface area contributed by atoms with Crippen LogP contribution in [0.4, 0.5) is 17.1 Å². The highest BCUT2D eigenvalue weighted by atomic mass is 15.2. The topological polar surface area (TPSA) is 8.17 Å². The summed E-state index contributed by atoms with van der Waals surface area (Å²) in [5.74, 6) is 0. The quantitative estimate of drug-likeness (QED) is 0.171. The molecule has 0 amide bonds. The zero-order valence-electron chi connectivity index (χ0n) is 28.4. The Morgan fingerprint density at radius 3 is 1.65 bits per heavy atom. The molecular formula is C50H32N2. The van der Waals surface area contributed by atoms with Crippen LogP contribution in [0.15, 0.2) is 194 Å². The molecule has 52 heavy (non-hydrogen) atoms. The van der Waals surface area contributed by atoms with Crippen molar-refractivity contribution < 1.29 is 0 Å². The zero-order chi connectivity index (χ0) is 34.2. The van der Waals surface area contributed by atoms with Crippen molar-refractivity contribution >= 4 is 92.7 Å². The van der Waals surface area contributed by atoms with Crippen LogP contribution in [-0.4, -0.2) is 4.57 Å². The SMILES string of the molecule is c1ccc(-n2c3ccccc3c3cccc(N(c4ccc5c(ccc6ccccc65)c4)c4cccc5c4ccc4c6ccccc6ccc54)c32)cc1. The van der Waals surface area contributed by atoms with Gasteiger partial charge in [0, 0.05) is 27.5 Å². The number of aromatic nitrogens is 1. The molecule has 0 aliphatic carbocycles. The molecule has 0 aliphatic rings. The fraction of sp³-hybridized carbons (Fsp3) is 0. The van der Waals surface area contributed by atoms with Gasteiger partial charge in [-0.3, -0.25) is 0 Å². The summed E-state index contributed by atoms with van der Waals surface area (Å²) in [6.07, 6.45) is 0. The van der Waals surface area contributed by atoms with Crippen molar-refractivity contribution in [1.29, 1.82) is 0 Å². The Kier molecular flexibility index (Phi) is 6.28. The van der Waals surface area contributed by atoms with Crippen LogP contribution in [0.5, 0.6) is 0 Å². The second-order valence-corrected chi connectivity index (χ2v) is 13.7. The first kappa shape index (κ1) is 28.9. The largest absolute Gasteiger partial charge is 0.308 e. The summed E-state index contributed by atoms with van der Waals surface area (Å²) in [4.78, 5) is 2.49. The second kappa shape index (κ2) is 11.3. The Bertz CT molecular complexity index is 3190. The van der Waals surface area contributed by atoms with Crippen molar-refractivity contribution in [2.75, 3.05) is 4.90 Å². The molecule has 0 spiro atoms. The van der Waals surface area contributed by atoms with Crippen LogP contribution in [0.3, 0.4) is 0 Å². The number of fused-ring (bicyclic) bond motifs is 11. The van der Waals surface area contributed by atoms with E-state index < -0.39 is 0 Å². The predicted octanol–water partition coefficient (Wildman–Crippen LogP) is 14.0. The van der Waals surface area contributed by atoms with Crippen LogP contribution in [-0.2, 0) is 0 Å². The fourth-order valence-corrected chi connectivity index (χ4v) is 8.61. The highest BCUT2D eigenvalue weighted by Gasteiger charge is 2.23. The third kappa shape index (κ3) is 4.25. The van der Waals surface area contributed by atoms with Gasteiger partial charge in [-0.1, -0.05) is 152 Å². The van der Waals surface area contributed by atoms with Gasteiger partial charge in [-0.05, 0) is 90.9 Å². The zero-order valence-corrected chi connectivity index (χ0v) is 28.4. The molecule has 0 radical (unpaired) electrons. The number of nitrogens with zero attached hydrogens (tertiary/aromatic N) is 2. The molecule has 1 heterocycles. The molecule has 0 saturated heterocycles. The lowest BCUT2D eigenvalue weighted by molar-refractivity contribution is 1.17. The molecule has 0 bridgehead atoms. The van der Waals surface area contributed by atoms with Gasteiger partial charge in [-0.25, -0.2) is 0 Å². The molecule has 11 aromatic rings. The van der Waals surface area contributed by atoms with E-state index in [4.69, 9.17) is 0 Å². The molecule has 10 aromatic carbocycles. The smallest absolute Gasteiger partial charge is 0.0782 e. The Morgan fingerprint density at radius 2 is 0.827 bits per heavy atom. The van der Waals surface area contributed by atoms with E-state index in [0.717, 1.165) is 22.7 Å². The van der Waals surface area contributed by atoms with Crippen molar-refractivity contribution in [3.63, 3.8) is 0 Å². The molecule has 11 rings (SSSR count). The molecule has 0 unspecified atom stereocenters. The molecule has 1 aromatic heterocycles. The van der Waals surface area contributed by atoms with Gasteiger partial charge in [0.15, 0.2) is 0 Å². The lowest BCUT2D eigenvalue weighted by atomic mass is 9.95. The standard InChI is InChI=1S/C50H32N2/c1-2-14-36(15-3-1)52-48-21-9-8-18-44(48)46-20-11-23-49(50(46)52)51(37-27-29-40-35(32-37)25-24-33-12-4-6-16-38(33)40)47-22-10-19-41-43-28-26-34-13-5-7-17-39(34)42(43)30-31-45(41)47/h1-32H. The second-order valence-electron chi connectivity index (χ2n) is 13.7. The molecule has 0 saturated carbocycles. The van der Waals surface area contributed by atoms with Gasteiger partial charge >= 0.3 is 0 Å². The third-order valence-corrected chi connectivity index (χ3v) is 10.9. The van der Waals surface area contributed by atoms with Crippen LogP contribution in [0.1, 0.15) is 0 Å². The average Bonchev–Trinajstić information content (AvgIpc) is 3.56. The maximum Gasteiger partial charge on any atom is 0.0782 e. The lowest BCUT2D eigenvalue weighted by Gasteiger charge is -2.29. The van der Waals surface area contributed by atoms with Crippen molar-refractivity contribution in [2.24, 2.45) is 0 Å². The van der Waals surface area contributed by atoms with E-state index in [1.54, 1.807) is 0 Å². The van der Waals surface area contributed by atoms with Crippen LogP contribution < -0.4 is 4.90 Å². The summed E-state index contributed by atoms with van der Waals surface area (Å²) in [6, 6.07) is 71.2. The number of benzene rings is 10. The molecular weight excluding hydrogens is 629 g/mol. The summed E-state index contributed by atoms with van der Waals surface area (Å²) in [5.41, 5.74) is 6.90. The predicted molar refractivity (Wildman–Crippen MR) is 223 cm³/mol. The van der Waals surface area contributed by atoms with E-state index in [1.807, 2.05) is 0 Å². The van der Waals surface area contributed by atoms with E-state index in [-0.39, 0.29) is 0 Å². The summed E-state index contributed by atoms with van der Waals surface area (Å²) in [5, 5.41) is 15.0. The van der Waals surface area contributed by atoms with Gasteiger partial charge in [0.2, 0.25) is 0 Å². The monoisotopic (exact) mass is 660 g/mol. The minimum Gasteiger partial charge on any atom is -0.308 e. The Balaban J connectivity index is 1.26. The van der Waals surface area contributed by atoms with E-state index in [1.165, 1.54) is 75.7 Å². The summed E-state index contributed by atoms with van der Waals surface area (Å²) in [7, 11) is 0. The Hall–Kier alpha value is -6.90. The van der Waals surface area contributed by atoms with Crippen molar-refractivity contribution in [1.82, 2.24) is 4.57 Å². The van der Waals surface area contributed by atoms with Gasteiger partial charge in [0.25, 0.3) is 0 Å². The average molecular weight is 661 g/mol. The first-order valence-corrected chi connectivity index (χ1v) is 17.9. The normalized spacial score (nSPS) is 11.8. The molecule has 2 nitrogen and oxygen atoms in total. The van der Waals surface area contributed by atoms with Crippen LogP contribution in [0.2, 0.25) is 0 Å². The summed E-state index contributed by atoms with van der Waals surface area (Å²) < 4.78 is 2.44. The minimum absolute atomic E-state index is 1.12. The van der Waals surface area contributed by atoms with Gasteiger partial charge < -0.3 is 9.47 Å². The maximum atomic E-state index is 2.49. The van der Waals surface area contributed by atoms with Crippen LogP contribution >= 0.6 is 0 Å². The number of para-hydroxylation sites is 3. The Morgan fingerprint density at radius 1 is 0.308 bits per heavy atom. The van der Waals surface area contributed by atoms with E-state index in [2.05, 4.69) is 204 Å². The molecule has 0 N–H and O–H groups in total. The molecule has 0 atom stereocenters. The molecule has 0 aliphatic heterocycles. The van der Waals surface area contributed by atoms with E-state index in [0.29, 0.717) is 0 Å². The van der Waals surface area contributed by atoms with Gasteiger partial charge in [-0.2, -0.15) is 0 Å². The first-order chi connectivity index (χ1) is 25.8. The van der Waals surface area contributed by atoms with Crippen molar-refractivity contribution in [3.05, 3.63) is 194 Å². The first-order valence-electron chi connectivity index (χ1n) is 17.9. The van der Waals surface area contributed by atoms with Crippen molar-refractivity contribution in [2.45, 2.75) is 0 Å². The number of hydrogen-bond donors (Lipinski definition) is 0.